The predicted molar refractivity (Wildman–Crippen MR) is 68.2 cm³/mol. The van der Waals surface area contributed by atoms with E-state index in [1.807, 2.05) is 23.1 Å². The smallest absolute Gasteiger partial charge is 0.320 e. The van der Waals surface area contributed by atoms with Crippen LogP contribution in [0.4, 0.5) is 0 Å². The highest BCUT2D eigenvalue weighted by molar-refractivity contribution is 5.72. The van der Waals surface area contributed by atoms with Crippen LogP contribution < -0.4 is 0 Å². The normalized spacial score (nSPS) is 19.6. The van der Waals surface area contributed by atoms with E-state index >= 15 is 0 Å². The fourth-order valence-electron chi connectivity index (χ4n) is 2.19. The summed E-state index contributed by atoms with van der Waals surface area (Å²) in [4.78, 5) is 19.5. The van der Waals surface area contributed by atoms with Crippen LogP contribution in [0, 0.1) is 0 Å². The average Bonchev–Trinajstić information content (AvgIpc) is 2.40. The van der Waals surface area contributed by atoms with Gasteiger partial charge >= 0.3 is 5.97 Å². The number of aliphatic carboxylic acids is 1. The average molecular weight is 249 g/mol. The van der Waals surface area contributed by atoms with Gasteiger partial charge in [0.25, 0.3) is 0 Å². The lowest BCUT2D eigenvalue weighted by atomic mass is 10.2. The number of hydrogen-bond donors (Lipinski definition) is 1. The molecule has 0 amide bonds. The van der Waals surface area contributed by atoms with E-state index in [0.717, 1.165) is 38.4 Å². The number of carbonyl (C=O) groups is 1. The second-order valence-corrected chi connectivity index (χ2v) is 4.65. The minimum Gasteiger partial charge on any atom is -0.480 e. The zero-order valence-corrected chi connectivity index (χ0v) is 10.6. The molecule has 1 aliphatic rings. The Balaban J connectivity index is 1.82. The van der Waals surface area contributed by atoms with Gasteiger partial charge in [0.05, 0.1) is 5.69 Å². The number of pyridine rings is 1. The van der Waals surface area contributed by atoms with Crippen LogP contribution in [0.2, 0.25) is 0 Å². The number of carboxylic acid groups (broad SMARTS) is 1. The fourth-order valence-corrected chi connectivity index (χ4v) is 2.19. The minimum atomic E-state index is -0.742. The van der Waals surface area contributed by atoms with Crippen LogP contribution in [-0.4, -0.2) is 58.1 Å². The summed E-state index contributed by atoms with van der Waals surface area (Å²) in [5.41, 5.74) is 1.07. The van der Waals surface area contributed by atoms with E-state index in [1.54, 1.807) is 13.1 Å². The molecule has 18 heavy (non-hydrogen) atoms. The van der Waals surface area contributed by atoms with E-state index in [4.69, 9.17) is 5.11 Å². The van der Waals surface area contributed by atoms with Gasteiger partial charge in [-0.15, -0.1) is 0 Å². The first-order chi connectivity index (χ1) is 8.66. The number of piperazine rings is 1. The quantitative estimate of drug-likeness (QED) is 0.850. The van der Waals surface area contributed by atoms with Crippen molar-refractivity contribution in [2.24, 2.45) is 0 Å². The van der Waals surface area contributed by atoms with Gasteiger partial charge in [0, 0.05) is 38.9 Å². The van der Waals surface area contributed by atoms with Gasteiger partial charge in [0.2, 0.25) is 0 Å². The molecule has 0 radical (unpaired) electrons. The highest BCUT2D eigenvalue weighted by Crippen LogP contribution is 2.09. The second kappa shape index (κ2) is 5.93. The van der Waals surface area contributed by atoms with Crippen molar-refractivity contribution >= 4 is 5.97 Å². The van der Waals surface area contributed by atoms with Gasteiger partial charge in [-0.25, -0.2) is 0 Å². The van der Waals surface area contributed by atoms with Crippen LogP contribution in [0.25, 0.3) is 0 Å². The molecule has 98 valence electrons. The molecule has 0 aromatic carbocycles. The number of aromatic nitrogens is 1. The zero-order chi connectivity index (χ0) is 13.0. The Morgan fingerprint density at radius 2 is 2.11 bits per heavy atom. The molecule has 0 aliphatic carbocycles. The number of carboxylic acids is 1. The van der Waals surface area contributed by atoms with Crippen molar-refractivity contribution in [1.82, 2.24) is 14.8 Å². The Bertz CT molecular complexity index is 388. The second-order valence-electron chi connectivity index (χ2n) is 4.65. The van der Waals surface area contributed by atoms with E-state index < -0.39 is 5.97 Å². The molecule has 5 nitrogen and oxygen atoms in total. The SMILES string of the molecule is CC(C(=O)O)N1CCN(Cc2ccccn2)CC1. The summed E-state index contributed by atoms with van der Waals surface area (Å²) in [5.74, 6) is -0.742. The summed E-state index contributed by atoms with van der Waals surface area (Å²) >= 11 is 0. The molecular weight excluding hydrogens is 230 g/mol. The number of nitrogens with zero attached hydrogens (tertiary/aromatic N) is 3. The van der Waals surface area contributed by atoms with Crippen LogP contribution in [0.15, 0.2) is 24.4 Å². The first kappa shape index (κ1) is 13.0. The lowest BCUT2D eigenvalue weighted by molar-refractivity contribution is -0.143. The van der Waals surface area contributed by atoms with Crippen molar-refractivity contribution in [3.63, 3.8) is 0 Å². The molecule has 1 unspecified atom stereocenters. The third-order valence-electron chi connectivity index (χ3n) is 3.42. The molecule has 1 aliphatic heterocycles. The largest absolute Gasteiger partial charge is 0.480 e. The van der Waals surface area contributed by atoms with E-state index in [0.29, 0.717) is 0 Å². The van der Waals surface area contributed by atoms with E-state index in [2.05, 4.69) is 9.88 Å². The fraction of sp³-hybridized carbons (Fsp3) is 0.538. The Morgan fingerprint density at radius 3 is 2.67 bits per heavy atom. The summed E-state index contributed by atoms with van der Waals surface area (Å²) in [6, 6.07) is 5.54. The molecule has 1 fully saturated rings. The van der Waals surface area contributed by atoms with E-state index in [9.17, 15) is 4.79 Å². The highest BCUT2D eigenvalue weighted by atomic mass is 16.4. The molecule has 1 N–H and O–H groups in total. The van der Waals surface area contributed by atoms with E-state index in [1.165, 1.54) is 0 Å². The summed E-state index contributed by atoms with van der Waals surface area (Å²) < 4.78 is 0. The van der Waals surface area contributed by atoms with Crippen molar-refractivity contribution in [2.45, 2.75) is 19.5 Å². The monoisotopic (exact) mass is 249 g/mol. The van der Waals surface area contributed by atoms with Crippen molar-refractivity contribution in [2.75, 3.05) is 26.2 Å². The maximum Gasteiger partial charge on any atom is 0.320 e. The van der Waals surface area contributed by atoms with Gasteiger partial charge in [-0.3, -0.25) is 19.6 Å². The predicted octanol–water partition coefficient (Wildman–Crippen LogP) is 0.672. The molecule has 0 saturated carbocycles. The summed E-state index contributed by atoms with van der Waals surface area (Å²) in [6.07, 6.45) is 1.80. The standard InChI is InChI=1S/C13H19N3O2/c1-11(13(17)18)16-8-6-15(7-9-16)10-12-4-2-3-5-14-12/h2-5,11H,6-10H2,1H3,(H,17,18). The summed E-state index contributed by atoms with van der Waals surface area (Å²) in [5, 5.41) is 8.97. The maximum absolute atomic E-state index is 10.9. The molecule has 1 atom stereocenters. The molecule has 0 bridgehead atoms. The first-order valence-electron chi connectivity index (χ1n) is 6.26. The molecule has 5 heteroatoms. The van der Waals surface area contributed by atoms with Gasteiger partial charge in [-0.1, -0.05) is 6.07 Å². The van der Waals surface area contributed by atoms with Crippen molar-refractivity contribution in [3.05, 3.63) is 30.1 Å². The van der Waals surface area contributed by atoms with Gasteiger partial charge in [0.1, 0.15) is 6.04 Å². The summed E-state index contributed by atoms with van der Waals surface area (Å²) in [6.45, 7) is 6.00. The molecule has 0 spiro atoms. The third-order valence-corrected chi connectivity index (χ3v) is 3.42. The van der Waals surface area contributed by atoms with Gasteiger partial charge in [-0.05, 0) is 19.1 Å². The molecule has 1 aromatic rings. The van der Waals surface area contributed by atoms with Crippen molar-refractivity contribution in [1.29, 1.82) is 0 Å². The van der Waals surface area contributed by atoms with Crippen LogP contribution in [0.1, 0.15) is 12.6 Å². The van der Waals surface area contributed by atoms with Crippen LogP contribution in [0.3, 0.4) is 0 Å². The molecule has 2 heterocycles. The van der Waals surface area contributed by atoms with Gasteiger partial charge in [0.15, 0.2) is 0 Å². The van der Waals surface area contributed by atoms with Gasteiger partial charge in [-0.2, -0.15) is 0 Å². The Labute approximate surface area is 107 Å². The van der Waals surface area contributed by atoms with E-state index in [-0.39, 0.29) is 6.04 Å². The van der Waals surface area contributed by atoms with Crippen molar-refractivity contribution < 1.29 is 9.90 Å². The highest BCUT2D eigenvalue weighted by Gasteiger charge is 2.24. The van der Waals surface area contributed by atoms with Crippen LogP contribution in [-0.2, 0) is 11.3 Å². The first-order valence-corrected chi connectivity index (χ1v) is 6.26. The van der Waals surface area contributed by atoms with Gasteiger partial charge < -0.3 is 5.11 Å². The van der Waals surface area contributed by atoms with Crippen molar-refractivity contribution in [3.8, 4) is 0 Å². The van der Waals surface area contributed by atoms with Crippen LogP contribution >= 0.6 is 0 Å². The number of hydrogen-bond acceptors (Lipinski definition) is 4. The summed E-state index contributed by atoms with van der Waals surface area (Å²) in [7, 11) is 0. The van der Waals surface area contributed by atoms with Crippen LogP contribution in [0.5, 0.6) is 0 Å². The molecule has 1 aromatic heterocycles. The number of rotatable bonds is 4. The lowest BCUT2D eigenvalue weighted by Gasteiger charge is -2.36. The lowest BCUT2D eigenvalue weighted by Crippen LogP contribution is -2.51. The Hall–Kier alpha value is -1.46. The molecule has 1 saturated heterocycles. The topological polar surface area (TPSA) is 56.7 Å². The maximum atomic E-state index is 10.9. The Kier molecular flexibility index (Phi) is 4.28. The molecular formula is C13H19N3O2. The zero-order valence-electron chi connectivity index (χ0n) is 10.6. The molecule has 2 rings (SSSR count). The Morgan fingerprint density at radius 1 is 1.39 bits per heavy atom. The minimum absolute atomic E-state index is 0.387. The third kappa shape index (κ3) is 3.27.